The van der Waals surface area contributed by atoms with Crippen LogP contribution in [0.15, 0.2) is 24.8 Å². The van der Waals surface area contributed by atoms with Crippen molar-refractivity contribution >= 4 is 44.2 Å². The number of thiazole rings is 1. The highest BCUT2D eigenvalue weighted by atomic mass is 35.5. The highest BCUT2D eigenvalue weighted by Gasteiger charge is 2.23. The van der Waals surface area contributed by atoms with Gasteiger partial charge in [0, 0.05) is 31.2 Å². The van der Waals surface area contributed by atoms with Crippen molar-refractivity contribution in [1.29, 1.82) is 0 Å². The molecule has 2 aromatic heterocycles. The van der Waals surface area contributed by atoms with Gasteiger partial charge >= 0.3 is 0 Å². The van der Waals surface area contributed by atoms with Gasteiger partial charge in [-0.15, -0.1) is 0 Å². The van der Waals surface area contributed by atoms with E-state index in [1.165, 1.54) is 6.33 Å². The van der Waals surface area contributed by atoms with Gasteiger partial charge in [-0.3, -0.25) is 4.79 Å². The predicted octanol–water partition coefficient (Wildman–Crippen LogP) is 2.20. The molecule has 25 heavy (non-hydrogen) atoms. The monoisotopic (exact) mass is 376 g/mol. The van der Waals surface area contributed by atoms with Crippen molar-refractivity contribution in [3.8, 4) is 0 Å². The minimum absolute atomic E-state index is 0.0667. The molecule has 9 heteroatoms. The van der Waals surface area contributed by atoms with Crippen molar-refractivity contribution in [3.63, 3.8) is 0 Å². The molecule has 1 aromatic carbocycles. The number of fused-ring (bicyclic) bond motifs is 1. The van der Waals surface area contributed by atoms with Crippen molar-refractivity contribution in [2.45, 2.75) is 13.5 Å². The van der Waals surface area contributed by atoms with E-state index in [1.54, 1.807) is 22.3 Å². The summed E-state index contributed by atoms with van der Waals surface area (Å²) in [5, 5.41) is 5.71. The van der Waals surface area contributed by atoms with Gasteiger partial charge in [-0.05, 0) is 24.6 Å². The van der Waals surface area contributed by atoms with Crippen LogP contribution in [-0.4, -0.2) is 56.7 Å². The summed E-state index contributed by atoms with van der Waals surface area (Å²) in [7, 11) is 0. The lowest BCUT2D eigenvalue weighted by molar-refractivity contribution is -0.132. The Morgan fingerprint density at radius 2 is 2.08 bits per heavy atom. The van der Waals surface area contributed by atoms with E-state index >= 15 is 0 Å². The van der Waals surface area contributed by atoms with Crippen LogP contribution in [0.4, 0.5) is 5.13 Å². The average molecular weight is 377 g/mol. The van der Waals surface area contributed by atoms with Crippen molar-refractivity contribution in [3.05, 3.63) is 35.4 Å². The van der Waals surface area contributed by atoms with Gasteiger partial charge < -0.3 is 9.80 Å². The number of carbonyl (C=O) groups excluding carboxylic acids is 1. The first-order chi connectivity index (χ1) is 12.1. The number of aromatic nitrogens is 4. The van der Waals surface area contributed by atoms with Gasteiger partial charge in [0.05, 0.1) is 10.2 Å². The first-order valence-electron chi connectivity index (χ1n) is 8.02. The maximum absolute atomic E-state index is 12.3. The number of aryl methyl sites for hydroxylation is 1. The minimum atomic E-state index is 0.0667. The zero-order valence-electron chi connectivity index (χ0n) is 13.7. The van der Waals surface area contributed by atoms with E-state index < -0.39 is 0 Å². The van der Waals surface area contributed by atoms with Crippen LogP contribution in [0.1, 0.15) is 5.56 Å². The molecule has 7 nitrogen and oxygen atoms in total. The molecule has 0 radical (unpaired) electrons. The number of halogens is 1. The Labute approximate surface area is 153 Å². The highest BCUT2D eigenvalue weighted by Crippen LogP contribution is 2.33. The number of piperazine rings is 1. The lowest BCUT2D eigenvalue weighted by Crippen LogP contribution is -2.49. The Hall–Kier alpha value is -2.19. The van der Waals surface area contributed by atoms with Crippen LogP contribution in [-0.2, 0) is 11.3 Å². The van der Waals surface area contributed by atoms with Gasteiger partial charge in [0.2, 0.25) is 5.91 Å². The van der Waals surface area contributed by atoms with Crippen LogP contribution in [0.3, 0.4) is 0 Å². The molecule has 0 saturated carbocycles. The maximum atomic E-state index is 12.3. The van der Waals surface area contributed by atoms with Crippen molar-refractivity contribution in [2.24, 2.45) is 0 Å². The standard InChI is InChI=1S/C16H17ClN6OS/c1-11-12(17)2-3-13-15(11)20-16(25-13)22-6-4-21(5-7-22)14(24)8-23-10-18-9-19-23/h2-3,9-10H,4-8H2,1H3. The molecule has 0 N–H and O–H groups in total. The molecule has 3 aromatic rings. The summed E-state index contributed by atoms with van der Waals surface area (Å²) in [6.45, 7) is 5.14. The number of anilines is 1. The zero-order valence-corrected chi connectivity index (χ0v) is 15.3. The van der Waals surface area contributed by atoms with Crippen LogP contribution >= 0.6 is 22.9 Å². The second-order valence-corrected chi connectivity index (χ2v) is 7.39. The number of amides is 1. The van der Waals surface area contributed by atoms with Gasteiger partial charge in [0.25, 0.3) is 0 Å². The Balaban J connectivity index is 1.43. The maximum Gasteiger partial charge on any atom is 0.244 e. The Bertz CT molecular complexity index is 901. The predicted molar refractivity (Wildman–Crippen MR) is 98.2 cm³/mol. The number of hydrogen-bond donors (Lipinski definition) is 0. The van der Waals surface area contributed by atoms with Gasteiger partial charge in [0.15, 0.2) is 5.13 Å². The zero-order chi connectivity index (χ0) is 17.4. The molecule has 4 rings (SSSR count). The summed E-state index contributed by atoms with van der Waals surface area (Å²) in [5.74, 6) is 0.0667. The minimum Gasteiger partial charge on any atom is -0.345 e. The van der Waals surface area contributed by atoms with Crippen molar-refractivity contribution < 1.29 is 4.79 Å². The van der Waals surface area contributed by atoms with E-state index in [-0.39, 0.29) is 12.5 Å². The molecule has 1 aliphatic rings. The first kappa shape index (κ1) is 16.3. The molecule has 1 fully saturated rings. The highest BCUT2D eigenvalue weighted by molar-refractivity contribution is 7.22. The SMILES string of the molecule is Cc1c(Cl)ccc2sc(N3CCN(C(=O)Cn4cncn4)CC3)nc12. The first-order valence-corrected chi connectivity index (χ1v) is 9.22. The van der Waals surface area contributed by atoms with Crippen LogP contribution in [0.2, 0.25) is 5.02 Å². The molecule has 0 bridgehead atoms. The van der Waals surface area contributed by atoms with Crippen LogP contribution in [0.5, 0.6) is 0 Å². The molecule has 0 atom stereocenters. The molecule has 0 aliphatic carbocycles. The quantitative estimate of drug-likeness (QED) is 0.701. The van der Waals surface area contributed by atoms with Gasteiger partial charge in [0.1, 0.15) is 19.2 Å². The fourth-order valence-electron chi connectivity index (χ4n) is 2.92. The smallest absolute Gasteiger partial charge is 0.244 e. The number of benzene rings is 1. The molecular weight excluding hydrogens is 360 g/mol. The molecule has 3 heterocycles. The molecule has 0 unspecified atom stereocenters. The summed E-state index contributed by atoms with van der Waals surface area (Å²) in [6, 6.07) is 3.94. The van der Waals surface area contributed by atoms with Gasteiger partial charge in [-0.25, -0.2) is 14.6 Å². The van der Waals surface area contributed by atoms with Gasteiger partial charge in [-0.1, -0.05) is 22.9 Å². The number of rotatable bonds is 3. The summed E-state index contributed by atoms with van der Waals surface area (Å²) in [4.78, 5) is 25.0. The Kier molecular flexibility index (Phi) is 4.30. The number of carbonyl (C=O) groups is 1. The fraction of sp³-hybridized carbons (Fsp3) is 0.375. The van der Waals surface area contributed by atoms with E-state index in [4.69, 9.17) is 16.6 Å². The van der Waals surface area contributed by atoms with Crippen LogP contribution < -0.4 is 4.90 Å². The summed E-state index contributed by atoms with van der Waals surface area (Å²) in [6.07, 6.45) is 3.00. The van der Waals surface area contributed by atoms with Crippen molar-refractivity contribution in [2.75, 3.05) is 31.1 Å². The van der Waals surface area contributed by atoms with E-state index in [1.807, 2.05) is 24.0 Å². The summed E-state index contributed by atoms with van der Waals surface area (Å²) in [5.41, 5.74) is 1.99. The topological polar surface area (TPSA) is 67.2 Å². The van der Waals surface area contributed by atoms with E-state index in [0.717, 1.165) is 39.0 Å². The molecular formula is C16H17ClN6OS. The van der Waals surface area contributed by atoms with E-state index in [0.29, 0.717) is 13.1 Å². The fourth-order valence-corrected chi connectivity index (χ4v) is 4.15. The second-order valence-electron chi connectivity index (χ2n) is 5.98. The lowest BCUT2D eigenvalue weighted by atomic mass is 10.2. The molecule has 1 amide bonds. The lowest BCUT2D eigenvalue weighted by Gasteiger charge is -2.34. The van der Waals surface area contributed by atoms with Gasteiger partial charge in [-0.2, -0.15) is 5.10 Å². The Morgan fingerprint density at radius 3 is 2.80 bits per heavy atom. The van der Waals surface area contributed by atoms with Crippen molar-refractivity contribution in [1.82, 2.24) is 24.6 Å². The molecule has 0 spiro atoms. The molecule has 1 saturated heterocycles. The third kappa shape index (κ3) is 3.19. The third-order valence-electron chi connectivity index (χ3n) is 4.40. The Morgan fingerprint density at radius 1 is 1.28 bits per heavy atom. The summed E-state index contributed by atoms with van der Waals surface area (Å²) < 4.78 is 2.69. The third-order valence-corrected chi connectivity index (χ3v) is 5.89. The number of nitrogens with zero attached hydrogens (tertiary/aromatic N) is 6. The largest absolute Gasteiger partial charge is 0.345 e. The average Bonchev–Trinajstić information content (AvgIpc) is 3.28. The molecule has 1 aliphatic heterocycles. The molecule has 130 valence electrons. The van der Waals surface area contributed by atoms with E-state index in [2.05, 4.69) is 15.0 Å². The summed E-state index contributed by atoms with van der Waals surface area (Å²) >= 11 is 7.86. The van der Waals surface area contributed by atoms with Crippen LogP contribution in [0.25, 0.3) is 10.2 Å². The van der Waals surface area contributed by atoms with Crippen LogP contribution in [0, 0.1) is 6.92 Å². The normalized spacial score (nSPS) is 15.1. The van der Waals surface area contributed by atoms with E-state index in [9.17, 15) is 4.79 Å². The number of hydrogen-bond acceptors (Lipinski definition) is 6. The second kappa shape index (κ2) is 6.61.